The summed E-state index contributed by atoms with van der Waals surface area (Å²) in [6.07, 6.45) is 1.28. The zero-order valence-electron chi connectivity index (χ0n) is 10.1. The Morgan fingerprint density at radius 2 is 1.81 bits per heavy atom. The molecule has 0 aromatic heterocycles. The van der Waals surface area contributed by atoms with Gasteiger partial charge in [0.1, 0.15) is 0 Å². The number of hydrogen-bond donors (Lipinski definition) is 1. The summed E-state index contributed by atoms with van der Waals surface area (Å²) in [5, 5.41) is 8.87. The normalized spacial score (nSPS) is 20.4. The van der Waals surface area contributed by atoms with Crippen molar-refractivity contribution in [2.24, 2.45) is 5.92 Å². The molecule has 1 fully saturated rings. The van der Waals surface area contributed by atoms with E-state index in [9.17, 15) is 9.59 Å². The van der Waals surface area contributed by atoms with Gasteiger partial charge in [-0.25, -0.2) is 0 Å². The predicted molar refractivity (Wildman–Crippen MR) is 60.1 cm³/mol. The molecule has 5 nitrogen and oxygen atoms in total. The van der Waals surface area contributed by atoms with Crippen molar-refractivity contribution in [2.75, 3.05) is 27.2 Å². The number of carboxylic acid groups (broad SMARTS) is 1. The second kappa shape index (κ2) is 5.30. The molecular weight excluding hydrogens is 208 g/mol. The summed E-state index contributed by atoms with van der Waals surface area (Å²) in [4.78, 5) is 26.1. The molecule has 0 aromatic rings. The third-order valence-electron chi connectivity index (χ3n) is 3.22. The molecule has 1 rings (SSSR count). The van der Waals surface area contributed by atoms with E-state index in [1.165, 1.54) is 0 Å². The smallest absolute Gasteiger partial charge is 0.306 e. The fraction of sp³-hybridized carbons (Fsp3) is 0.818. The van der Waals surface area contributed by atoms with Crippen LogP contribution in [0.2, 0.25) is 0 Å². The van der Waals surface area contributed by atoms with E-state index in [0.717, 1.165) is 0 Å². The van der Waals surface area contributed by atoms with Crippen LogP contribution in [0.1, 0.15) is 19.8 Å². The SMILES string of the molecule is CC(C(=O)N(C)C)N1CCC(C(=O)O)CC1. The number of aliphatic carboxylic acids is 1. The average Bonchev–Trinajstić information content (AvgIpc) is 2.27. The van der Waals surface area contributed by atoms with E-state index in [4.69, 9.17) is 5.11 Å². The summed E-state index contributed by atoms with van der Waals surface area (Å²) in [5.41, 5.74) is 0. The minimum atomic E-state index is -0.716. The summed E-state index contributed by atoms with van der Waals surface area (Å²) in [6, 6.07) is -0.148. The lowest BCUT2D eigenvalue weighted by atomic mass is 9.96. The molecule has 0 bridgehead atoms. The fourth-order valence-corrected chi connectivity index (χ4v) is 2.06. The van der Waals surface area contributed by atoms with Gasteiger partial charge in [0, 0.05) is 14.1 Å². The van der Waals surface area contributed by atoms with Gasteiger partial charge in [-0.05, 0) is 32.9 Å². The van der Waals surface area contributed by atoms with Crippen molar-refractivity contribution in [1.29, 1.82) is 0 Å². The van der Waals surface area contributed by atoms with Crippen LogP contribution in [0.15, 0.2) is 0 Å². The molecule has 0 radical (unpaired) electrons. The van der Waals surface area contributed by atoms with Crippen LogP contribution < -0.4 is 0 Å². The highest BCUT2D eigenvalue weighted by atomic mass is 16.4. The number of hydrogen-bond acceptors (Lipinski definition) is 3. The summed E-state index contributed by atoms with van der Waals surface area (Å²) >= 11 is 0. The Labute approximate surface area is 96.0 Å². The van der Waals surface area contributed by atoms with Crippen molar-refractivity contribution >= 4 is 11.9 Å². The molecule has 0 aliphatic carbocycles. The van der Waals surface area contributed by atoms with Crippen LogP contribution in [0, 0.1) is 5.92 Å². The van der Waals surface area contributed by atoms with Gasteiger partial charge in [-0.3, -0.25) is 14.5 Å². The third kappa shape index (κ3) is 2.95. The zero-order chi connectivity index (χ0) is 12.3. The van der Waals surface area contributed by atoms with Gasteiger partial charge in [-0.1, -0.05) is 0 Å². The highest BCUT2D eigenvalue weighted by Crippen LogP contribution is 2.19. The largest absolute Gasteiger partial charge is 0.481 e. The Hall–Kier alpha value is -1.10. The summed E-state index contributed by atoms with van der Waals surface area (Å²) in [7, 11) is 3.48. The molecule has 92 valence electrons. The third-order valence-corrected chi connectivity index (χ3v) is 3.22. The number of piperidine rings is 1. The Balaban J connectivity index is 2.47. The first kappa shape index (κ1) is 13.0. The first-order valence-electron chi connectivity index (χ1n) is 5.61. The molecule has 5 heteroatoms. The number of likely N-dealkylation sites (N-methyl/N-ethyl adjacent to an activating group) is 1. The second-order valence-electron chi connectivity index (χ2n) is 4.56. The van der Waals surface area contributed by atoms with Crippen LogP contribution in [-0.2, 0) is 9.59 Å². The Morgan fingerprint density at radius 3 is 2.19 bits per heavy atom. The Kier molecular flexibility index (Phi) is 4.29. The number of rotatable bonds is 3. The van der Waals surface area contributed by atoms with E-state index in [1.54, 1.807) is 19.0 Å². The molecule has 0 saturated carbocycles. The van der Waals surface area contributed by atoms with Crippen LogP contribution in [0.4, 0.5) is 0 Å². The van der Waals surface area contributed by atoms with Crippen LogP contribution in [0.5, 0.6) is 0 Å². The van der Waals surface area contributed by atoms with E-state index in [0.29, 0.717) is 25.9 Å². The quantitative estimate of drug-likeness (QED) is 0.752. The summed E-state index contributed by atoms with van der Waals surface area (Å²) in [5.74, 6) is -0.877. The number of carbonyl (C=O) groups excluding carboxylic acids is 1. The topological polar surface area (TPSA) is 60.9 Å². The highest BCUT2D eigenvalue weighted by molar-refractivity contribution is 5.81. The van der Waals surface area contributed by atoms with Crippen LogP contribution in [-0.4, -0.2) is 60.0 Å². The molecule has 0 spiro atoms. The number of carboxylic acids is 1. The molecular formula is C11H20N2O3. The van der Waals surface area contributed by atoms with Crippen LogP contribution >= 0.6 is 0 Å². The minimum absolute atomic E-state index is 0.0776. The van der Waals surface area contributed by atoms with Gasteiger partial charge in [0.05, 0.1) is 12.0 Å². The van der Waals surface area contributed by atoms with Crippen molar-refractivity contribution in [3.63, 3.8) is 0 Å². The zero-order valence-corrected chi connectivity index (χ0v) is 10.1. The van der Waals surface area contributed by atoms with Crippen molar-refractivity contribution < 1.29 is 14.7 Å². The van der Waals surface area contributed by atoms with Gasteiger partial charge in [0.15, 0.2) is 0 Å². The number of amides is 1. The van der Waals surface area contributed by atoms with Crippen molar-refractivity contribution in [1.82, 2.24) is 9.80 Å². The van der Waals surface area contributed by atoms with Gasteiger partial charge < -0.3 is 10.0 Å². The van der Waals surface area contributed by atoms with Gasteiger partial charge in [-0.2, -0.15) is 0 Å². The molecule has 0 aromatic carbocycles. The fourth-order valence-electron chi connectivity index (χ4n) is 2.06. The van der Waals surface area contributed by atoms with E-state index in [1.807, 2.05) is 6.92 Å². The highest BCUT2D eigenvalue weighted by Gasteiger charge is 2.29. The number of likely N-dealkylation sites (tertiary alicyclic amines) is 1. The molecule has 1 saturated heterocycles. The van der Waals surface area contributed by atoms with E-state index in [-0.39, 0.29) is 17.9 Å². The minimum Gasteiger partial charge on any atom is -0.481 e. The Bertz CT molecular complexity index is 270. The lowest BCUT2D eigenvalue weighted by Gasteiger charge is -2.34. The predicted octanol–water partition coefficient (Wildman–Crippen LogP) is 0.260. The lowest BCUT2D eigenvalue weighted by molar-refractivity contribution is -0.144. The molecule has 1 N–H and O–H groups in total. The van der Waals surface area contributed by atoms with E-state index < -0.39 is 5.97 Å². The maximum Gasteiger partial charge on any atom is 0.306 e. The van der Waals surface area contributed by atoms with Gasteiger partial charge >= 0.3 is 5.97 Å². The molecule has 1 aliphatic rings. The van der Waals surface area contributed by atoms with E-state index in [2.05, 4.69) is 4.90 Å². The van der Waals surface area contributed by atoms with E-state index >= 15 is 0 Å². The first-order valence-corrected chi connectivity index (χ1v) is 5.61. The maximum absolute atomic E-state index is 11.7. The van der Waals surface area contributed by atoms with Gasteiger partial charge in [0.2, 0.25) is 5.91 Å². The molecule has 1 unspecified atom stereocenters. The lowest BCUT2D eigenvalue weighted by Crippen LogP contribution is -2.48. The maximum atomic E-state index is 11.7. The van der Waals surface area contributed by atoms with Crippen LogP contribution in [0.3, 0.4) is 0 Å². The van der Waals surface area contributed by atoms with Crippen molar-refractivity contribution in [3.8, 4) is 0 Å². The summed E-state index contributed by atoms with van der Waals surface area (Å²) in [6.45, 7) is 3.26. The monoisotopic (exact) mass is 228 g/mol. The van der Waals surface area contributed by atoms with Gasteiger partial charge in [0.25, 0.3) is 0 Å². The second-order valence-corrected chi connectivity index (χ2v) is 4.56. The summed E-state index contributed by atoms with van der Waals surface area (Å²) < 4.78 is 0. The standard InChI is InChI=1S/C11H20N2O3/c1-8(10(14)12(2)3)13-6-4-9(5-7-13)11(15)16/h8-9H,4-7H2,1-3H3,(H,15,16). The van der Waals surface area contributed by atoms with Crippen molar-refractivity contribution in [2.45, 2.75) is 25.8 Å². The molecule has 1 heterocycles. The molecule has 1 atom stereocenters. The molecule has 1 aliphatic heterocycles. The first-order chi connectivity index (χ1) is 7.43. The van der Waals surface area contributed by atoms with Crippen molar-refractivity contribution in [3.05, 3.63) is 0 Å². The van der Waals surface area contributed by atoms with Gasteiger partial charge in [-0.15, -0.1) is 0 Å². The van der Waals surface area contributed by atoms with Crippen LogP contribution in [0.25, 0.3) is 0 Å². The average molecular weight is 228 g/mol. The Morgan fingerprint density at radius 1 is 1.31 bits per heavy atom. The molecule has 1 amide bonds. The molecule has 16 heavy (non-hydrogen) atoms. The number of carbonyl (C=O) groups is 2. The number of nitrogens with zero attached hydrogens (tertiary/aromatic N) is 2.